The first-order chi connectivity index (χ1) is 17.1. The molecule has 0 unspecified atom stereocenters. The third-order valence-corrected chi connectivity index (χ3v) is 5.62. The minimum Gasteiger partial charge on any atom is -0.487 e. The van der Waals surface area contributed by atoms with Crippen LogP contribution in [0.5, 0.6) is 5.75 Å². The van der Waals surface area contributed by atoms with Crippen LogP contribution in [-0.2, 0) is 33.8 Å². The highest BCUT2D eigenvalue weighted by Gasteiger charge is 2.07. The number of methoxy groups -OCH3 is 1. The number of fused-ring (bicyclic) bond motifs is 1. The second-order valence-electron chi connectivity index (χ2n) is 8.28. The van der Waals surface area contributed by atoms with Crippen LogP contribution in [0, 0.1) is 0 Å². The number of benzene rings is 3. The van der Waals surface area contributed by atoms with Gasteiger partial charge in [-0.2, -0.15) is 0 Å². The van der Waals surface area contributed by atoms with Gasteiger partial charge in [0.2, 0.25) is 5.91 Å². The van der Waals surface area contributed by atoms with E-state index in [1.807, 2.05) is 84.9 Å². The van der Waals surface area contributed by atoms with Crippen LogP contribution in [-0.4, -0.2) is 24.0 Å². The number of aryl methyl sites for hydroxylation is 1. The molecular formula is C29H28N2O4. The number of aromatic nitrogens is 1. The van der Waals surface area contributed by atoms with Crippen LogP contribution in [0.1, 0.15) is 29.7 Å². The standard InChI is InChI=1S/C29H28N2O4/c1-34-29(33)11-5-6-21-12-15-24(16-13-21)31-28(32)19-22-7-4-9-26(18-22)35-20-25-17-14-23-8-2-3-10-27(23)30-25/h2-4,7-10,12-18H,5-6,11,19-20H2,1H3,(H,31,32). The fraction of sp³-hybridized carbons (Fsp3) is 0.207. The molecule has 1 amide bonds. The summed E-state index contributed by atoms with van der Waals surface area (Å²) in [7, 11) is 1.40. The van der Waals surface area contributed by atoms with Gasteiger partial charge < -0.3 is 14.8 Å². The average Bonchev–Trinajstić information content (AvgIpc) is 2.88. The molecule has 0 aliphatic carbocycles. The van der Waals surface area contributed by atoms with Gasteiger partial charge in [-0.1, -0.05) is 48.5 Å². The molecule has 1 heterocycles. The molecule has 0 atom stereocenters. The Kier molecular flexibility index (Phi) is 8.07. The maximum absolute atomic E-state index is 12.5. The summed E-state index contributed by atoms with van der Waals surface area (Å²) < 4.78 is 10.6. The lowest BCUT2D eigenvalue weighted by Gasteiger charge is -2.09. The van der Waals surface area contributed by atoms with Crippen LogP contribution in [0.15, 0.2) is 84.9 Å². The maximum Gasteiger partial charge on any atom is 0.305 e. The van der Waals surface area contributed by atoms with Gasteiger partial charge in [0, 0.05) is 17.5 Å². The van der Waals surface area contributed by atoms with E-state index in [4.69, 9.17) is 4.74 Å². The molecule has 4 aromatic rings. The van der Waals surface area contributed by atoms with E-state index in [0.717, 1.165) is 46.3 Å². The number of esters is 1. The van der Waals surface area contributed by atoms with Gasteiger partial charge in [-0.3, -0.25) is 9.59 Å². The third kappa shape index (κ3) is 7.14. The van der Waals surface area contributed by atoms with Crippen molar-refractivity contribution in [1.82, 2.24) is 4.98 Å². The van der Waals surface area contributed by atoms with E-state index in [9.17, 15) is 9.59 Å². The molecule has 0 fully saturated rings. The highest BCUT2D eigenvalue weighted by Crippen LogP contribution is 2.18. The van der Waals surface area contributed by atoms with E-state index in [2.05, 4.69) is 15.0 Å². The molecule has 4 rings (SSSR count). The van der Waals surface area contributed by atoms with E-state index in [0.29, 0.717) is 18.8 Å². The van der Waals surface area contributed by atoms with Crippen molar-refractivity contribution >= 4 is 28.5 Å². The monoisotopic (exact) mass is 468 g/mol. The van der Waals surface area contributed by atoms with Gasteiger partial charge in [0.15, 0.2) is 0 Å². The molecule has 3 aromatic carbocycles. The quantitative estimate of drug-likeness (QED) is 0.311. The fourth-order valence-electron chi connectivity index (χ4n) is 3.78. The predicted octanol–water partition coefficient (Wildman–Crippen LogP) is 5.49. The van der Waals surface area contributed by atoms with Crippen molar-refractivity contribution in [3.8, 4) is 5.75 Å². The first-order valence-electron chi connectivity index (χ1n) is 11.6. The Morgan fingerprint density at radius 2 is 1.71 bits per heavy atom. The van der Waals surface area contributed by atoms with Gasteiger partial charge in [-0.15, -0.1) is 0 Å². The zero-order valence-electron chi connectivity index (χ0n) is 19.7. The number of rotatable bonds is 10. The summed E-state index contributed by atoms with van der Waals surface area (Å²) in [5, 5.41) is 4.03. The molecular weight excluding hydrogens is 440 g/mol. The Bertz CT molecular complexity index is 1300. The van der Waals surface area contributed by atoms with Crippen LogP contribution in [0.3, 0.4) is 0 Å². The van der Waals surface area contributed by atoms with Crippen molar-refractivity contribution in [2.24, 2.45) is 0 Å². The van der Waals surface area contributed by atoms with Crippen LogP contribution in [0.4, 0.5) is 5.69 Å². The van der Waals surface area contributed by atoms with Gasteiger partial charge in [0.25, 0.3) is 0 Å². The molecule has 0 bridgehead atoms. The molecule has 178 valence electrons. The summed E-state index contributed by atoms with van der Waals surface area (Å²) in [5.74, 6) is 0.395. The summed E-state index contributed by atoms with van der Waals surface area (Å²) in [4.78, 5) is 28.4. The largest absolute Gasteiger partial charge is 0.487 e. The Hall–Kier alpha value is -4.19. The lowest BCUT2D eigenvalue weighted by atomic mass is 10.1. The van der Waals surface area contributed by atoms with Crippen LogP contribution < -0.4 is 10.1 Å². The second-order valence-corrected chi connectivity index (χ2v) is 8.28. The summed E-state index contributed by atoms with van der Waals surface area (Å²) in [6.07, 6.45) is 2.15. The van der Waals surface area contributed by atoms with Crippen LogP contribution >= 0.6 is 0 Å². The number of amides is 1. The lowest BCUT2D eigenvalue weighted by molar-refractivity contribution is -0.140. The number of para-hydroxylation sites is 1. The molecule has 0 radical (unpaired) electrons. The third-order valence-electron chi connectivity index (χ3n) is 5.62. The Morgan fingerprint density at radius 3 is 2.54 bits per heavy atom. The SMILES string of the molecule is COC(=O)CCCc1ccc(NC(=O)Cc2cccc(OCc3ccc4ccccc4n3)c2)cc1. The van der Waals surface area contributed by atoms with Crippen molar-refractivity contribution in [2.45, 2.75) is 32.3 Å². The van der Waals surface area contributed by atoms with Crippen molar-refractivity contribution < 1.29 is 19.1 Å². The summed E-state index contributed by atoms with van der Waals surface area (Å²) in [6, 6.07) is 27.2. The van der Waals surface area contributed by atoms with E-state index in [-0.39, 0.29) is 18.3 Å². The first-order valence-corrected chi connectivity index (χ1v) is 11.6. The Labute approximate surface area is 204 Å². The zero-order chi connectivity index (χ0) is 24.5. The van der Waals surface area contributed by atoms with Crippen LogP contribution in [0.25, 0.3) is 10.9 Å². The molecule has 0 saturated carbocycles. The number of carbonyl (C=O) groups excluding carboxylic acids is 2. The van der Waals surface area contributed by atoms with Gasteiger partial charge >= 0.3 is 5.97 Å². The molecule has 1 N–H and O–H groups in total. The number of anilines is 1. The Balaban J connectivity index is 1.27. The molecule has 6 nitrogen and oxygen atoms in total. The highest BCUT2D eigenvalue weighted by molar-refractivity contribution is 5.92. The average molecular weight is 469 g/mol. The fourth-order valence-corrected chi connectivity index (χ4v) is 3.78. The van der Waals surface area contributed by atoms with Crippen molar-refractivity contribution in [3.05, 3.63) is 102 Å². The zero-order valence-corrected chi connectivity index (χ0v) is 19.7. The number of ether oxygens (including phenoxy) is 2. The van der Waals surface area contributed by atoms with E-state index >= 15 is 0 Å². The number of carbonyl (C=O) groups is 2. The smallest absolute Gasteiger partial charge is 0.305 e. The van der Waals surface area contributed by atoms with Crippen LogP contribution in [0.2, 0.25) is 0 Å². The number of pyridine rings is 1. The number of hydrogen-bond donors (Lipinski definition) is 1. The van der Waals surface area contributed by atoms with Gasteiger partial charge in [-0.25, -0.2) is 4.98 Å². The maximum atomic E-state index is 12.5. The lowest BCUT2D eigenvalue weighted by Crippen LogP contribution is -2.14. The molecule has 0 aliphatic rings. The van der Waals surface area contributed by atoms with Crippen molar-refractivity contribution in [2.75, 3.05) is 12.4 Å². The number of nitrogens with one attached hydrogen (secondary N) is 1. The van der Waals surface area contributed by atoms with Gasteiger partial charge in [-0.05, 0) is 60.4 Å². The second kappa shape index (κ2) is 11.8. The van der Waals surface area contributed by atoms with E-state index < -0.39 is 0 Å². The summed E-state index contributed by atoms with van der Waals surface area (Å²) in [6.45, 7) is 0.354. The molecule has 0 aliphatic heterocycles. The minimum absolute atomic E-state index is 0.100. The summed E-state index contributed by atoms with van der Waals surface area (Å²) in [5.41, 5.74) is 4.50. The molecule has 35 heavy (non-hydrogen) atoms. The number of hydrogen-bond acceptors (Lipinski definition) is 5. The number of nitrogens with zero attached hydrogens (tertiary/aromatic N) is 1. The Morgan fingerprint density at radius 1 is 0.886 bits per heavy atom. The molecule has 1 aromatic heterocycles. The summed E-state index contributed by atoms with van der Waals surface area (Å²) >= 11 is 0. The molecule has 0 spiro atoms. The van der Waals surface area contributed by atoms with Crippen molar-refractivity contribution in [3.63, 3.8) is 0 Å². The van der Waals surface area contributed by atoms with E-state index in [1.54, 1.807) is 0 Å². The predicted molar refractivity (Wildman–Crippen MR) is 136 cm³/mol. The topological polar surface area (TPSA) is 77.5 Å². The van der Waals surface area contributed by atoms with Gasteiger partial charge in [0.05, 0.1) is 24.7 Å². The highest BCUT2D eigenvalue weighted by atomic mass is 16.5. The molecule has 0 saturated heterocycles. The first kappa shape index (κ1) is 24.0. The minimum atomic E-state index is -0.200. The van der Waals surface area contributed by atoms with E-state index in [1.165, 1.54) is 7.11 Å². The van der Waals surface area contributed by atoms with Gasteiger partial charge in [0.1, 0.15) is 12.4 Å². The van der Waals surface area contributed by atoms with Crippen molar-refractivity contribution in [1.29, 1.82) is 0 Å². The molecule has 6 heteroatoms. The normalized spacial score (nSPS) is 10.7.